The van der Waals surface area contributed by atoms with Crippen molar-refractivity contribution in [3.05, 3.63) is 0 Å². The maximum Gasteiger partial charge on any atom is 0.00369 e. The first kappa shape index (κ1) is 12.8. The van der Waals surface area contributed by atoms with Gasteiger partial charge in [-0.25, -0.2) is 0 Å². The van der Waals surface area contributed by atoms with Crippen LogP contribution in [0.3, 0.4) is 0 Å². The highest BCUT2D eigenvalue weighted by atomic mass is 33.1. The van der Waals surface area contributed by atoms with Gasteiger partial charge in [-0.05, 0) is 12.8 Å². The Morgan fingerprint density at radius 2 is 0.643 bits per heavy atom. The van der Waals surface area contributed by atoms with Crippen LogP contribution in [0, 0.1) is 0 Å². The van der Waals surface area contributed by atoms with Crippen LogP contribution in [-0.4, -0.2) is 11.5 Å². The van der Waals surface area contributed by atoms with Crippen molar-refractivity contribution >= 4 is 21.6 Å². The quantitative estimate of drug-likeness (QED) is 0.521. The molecule has 1 heterocycles. The molecule has 84 valence electrons. The van der Waals surface area contributed by atoms with Gasteiger partial charge in [-0.15, -0.1) is 0 Å². The third-order valence-electron chi connectivity index (χ3n) is 2.79. The van der Waals surface area contributed by atoms with Crippen molar-refractivity contribution in [1.82, 2.24) is 0 Å². The van der Waals surface area contributed by atoms with Crippen LogP contribution in [0.5, 0.6) is 0 Å². The summed E-state index contributed by atoms with van der Waals surface area (Å²) in [6.07, 6.45) is 14.7. The molecule has 0 radical (unpaired) electrons. The van der Waals surface area contributed by atoms with E-state index in [1.165, 1.54) is 75.7 Å². The highest BCUT2D eigenvalue weighted by Gasteiger charge is 1.96. The molecule has 0 spiro atoms. The molecule has 0 aliphatic carbocycles. The molecule has 0 aromatic carbocycles. The highest BCUT2D eigenvalue weighted by Crippen LogP contribution is 2.25. The second kappa shape index (κ2) is 10.2. The standard InChI is InChI=1S/C12H24S2/c1-2-4-6-8-10-12-14-13-11-9-7-5-3-1/h1-12H2. The molecule has 0 atom stereocenters. The molecule has 0 aromatic heterocycles. The van der Waals surface area contributed by atoms with Gasteiger partial charge in [0.2, 0.25) is 0 Å². The average Bonchev–Trinajstić information content (AvgIpc) is 2.22. The molecular formula is C12H24S2. The molecule has 0 aromatic rings. The molecule has 0 N–H and O–H groups in total. The summed E-state index contributed by atoms with van der Waals surface area (Å²) in [6, 6.07) is 0. The van der Waals surface area contributed by atoms with Gasteiger partial charge in [0.1, 0.15) is 0 Å². The summed E-state index contributed by atoms with van der Waals surface area (Å²) >= 11 is 0. The van der Waals surface area contributed by atoms with Gasteiger partial charge in [0.15, 0.2) is 0 Å². The normalized spacial score (nSPS) is 24.0. The smallest absolute Gasteiger partial charge is 0.00369 e. The number of hydrogen-bond donors (Lipinski definition) is 0. The van der Waals surface area contributed by atoms with Gasteiger partial charge in [0, 0.05) is 11.5 Å². The van der Waals surface area contributed by atoms with E-state index in [1.807, 2.05) is 0 Å². The second-order valence-electron chi connectivity index (χ2n) is 4.18. The Balaban J connectivity index is 2.00. The Hall–Kier alpha value is 0.700. The predicted molar refractivity (Wildman–Crippen MR) is 71.1 cm³/mol. The Kier molecular flexibility index (Phi) is 9.33. The van der Waals surface area contributed by atoms with Crippen LogP contribution < -0.4 is 0 Å². The zero-order valence-electron chi connectivity index (χ0n) is 9.30. The minimum atomic E-state index is 1.38. The summed E-state index contributed by atoms with van der Waals surface area (Å²) in [5.74, 6) is 2.76. The topological polar surface area (TPSA) is 0 Å². The van der Waals surface area contributed by atoms with Crippen molar-refractivity contribution < 1.29 is 0 Å². The molecule has 1 saturated heterocycles. The van der Waals surface area contributed by atoms with Gasteiger partial charge in [-0.3, -0.25) is 0 Å². The lowest BCUT2D eigenvalue weighted by atomic mass is 10.1. The number of hydrogen-bond acceptors (Lipinski definition) is 2. The minimum Gasteiger partial charge on any atom is -0.0942 e. The lowest BCUT2D eigenvalue weighted by Crippen LogP contribution is -1.86. The summed E-state index contributed by atoms with van der Waals surface area (Å²) in [4.78, 5) is 0. The summed E-state index contributed by atoms with van der Waals surface area (Å²) in [5, 5.41) is 0. The average molecular weight is 232 g/mol. The molecule has 2 heteroatoms. The van der Waals surface area contributed by atoms with E-state index >= 15 is 0 Å². The first-order chi connectivity index (χ1) is 7.00. The largest absolute Gasteiger partial charge is 0.0942 e. The van der Waals surface area contributed by atoms with Gasteiger partial charge >= 0.3 is 0 Å². The summed E-state index contributed by atoms with van der Waals surface area (Å²) in [5.41, 5.74) is 0. The van der Waals surface area contributed by atoms with Gasteiger partial charge in [0.05, 0.1) is 0 Å². The van der Waals surface area contributed by atoms with Crippen LogP contribution >= 0.6 is 21.6 Å². The Labute approximate surface area is 97.4 Å². The fourth-order valence-electron chi connectivity index (χ4n) is 1.85. The van der Waals surface area contributed by atoms with Gasteiger partial charge in [-0.2, -0.15) is 0 Å². The van der Waals surface area contributed by atoms with Crippen molar-refractivity contribution in [1.29, 1.82) is 0 Å². The molecule has 0 amide bonds. The zero-order valence-corrected chi connectivity index (χ0v) is 10.9. The fourth-order valence-corrected chi connectivity index (χ4v) is 4.15. The van der Waals surface area contributed by atoms with Crippen molar-refractivity contribution in [2.24, 2.45) is 0 Å². The molecule has 1 fully saturated rings. The van der Waals surface area contributed by atoms with Gasteiger partial charge in [-0.1, -0.05) is 73.0 Å². The Bertz CT molecular complexity index is 61.6. The lowest BCUT2D eigenvalue weighted by Gasteiger charge is -2.05. The third kappa shape index (κ3) is 8.05. The van der Waals surface area contributed by atoms with Crippen LogP contribution in [0.1, 0.15) is 64.2 Å². The van der Waals surface area contributed by atoms with Crippen molar-refractivity contribution in [3.63, 3.8) is 0 Å². The van der Waals surface area contributed by atoms with Crippen molar-refractivity contribution in [2.45, 2.75) is 64.2 Å². The maximum atomic E-state index is 2.10. The zero-order chi connectivity index (χ0) is 9.90. The molecule has 1 rings (SSSR count). The second-order valence-corrected chi connectivity index (χ2v) is 6.88. The van der Waals surface area contributed by atoms with E-state index in [9.17, 15) is 0 Å². The highest BCUT2D eigenvalue weighted by molar-refractivity contribution is 8.76. The summed E-state index contributed by atoms with van der Waals surface area (Å²) < 4.78 is 0. The van der Waals surface area contributed by atoms with E-state index in [4.69, 9.17) is 0 Å². The molecule has 0 unspecified atom stereocenters. The van der Waals surface area contributed by atoms with Crippen LogP contribution in [0.25, 0.3) is 0 Å². The lowest BCUT2D eigenvalue weighted by molar-refractivity contribution is 0.563. The first-order valence-corrected chi connectivity index (χ1v) is 8.73. The monoisotopic (exact) mass is 232 g/mol. The molecule has 1 aliphatic rings. The third-order valence-corrected chi connectivity index (χ3v) is 5.37. The first-order valence-electron chi connectivity index (χ1n) is 6.24. The minimum absolute atomic E-state index is 1.38. The molecular weight excluding hydrogens is 208 g/mol. The van der Waals surface area contributed by atoms with E-state index in [0.29, 0.717) is 0 Å². The van der Waals surface area contributed by atoms with Crippen LogP contribution in [0.2, 0.25) is 0 Å². The van der Waals surface area contributed by atoms with E-state index < -0.39 is 0 Å². The van der Waals surface area contributed by atoms with Gasteiger partial charge in [0.25, 0.3) is 0 Å². The van der Waals surface area contributed by atoms with Crippen molar-refractivity contribution in [3.8, 4) is 0 Å². The molecule has 0 saturated carbocycles. The van der Waals surface area contributed by atoms with E-state index in [-0.39, 0.29) is 0 Å². The van der Waals surface area contributed by atoms with Crippen LogP contribution in [-0.2, 0) is 0 Å². The van der Waals surface area contributed by atoms with E-state index in [2.05, 4.69) is 21.6 Å². The van der Waals surface area contributed by atoms with Gasteiger partial charge < -0.3 is 0 Å². The fraction of sp³-hybridized carbons (Fsp3) is 1.00. The van der Waals surface area contributed by atoms with E-state index in [0.717, 1.165) is 0 Å². The predicted octanol–water partition coefficient (Wildman–Crippen LogP) is 5.28. The van der Waals surface area contributed by atoms with E-state index in [1.54, 1.807) is 0 Å². The van der Waals surface area contributed by atoms with Crippen LogP contribution in [0.15, 0.2) is 0 Å². The Morgan fingerprint density at radius 3 is 1.00 bits per heavy atom. The SMILES string of the molecule is C1CCCCCCSSCCCCC1. The summed E-state index contributed by atoms with van der Waals surface area (Å²) in [7, 11) is 4.19. The number of rotatable bonds is 0. The Morgan fingerprint density at radius 1 is 0.357 bits per heavy atom. The van der Waals surface area contributed by atoms with Crippen LogP contribution in [0.4, 0.5) is 0 Å². The summed E-state index contributed by atoms with van der Waals surface area (Å²) in [6.45, 7) is 0. The van der Waals surface area contributed by atoms with Crippen molar-refractivity contribution in [2.75, 3.05) is 11.5 Å². The maximum absolute atomic E-state index is 2.10. The molecule has 0 bridgehead atoms. The molecule has 14 heavy (non-hydrogen) atoms. The molecule has 1 aliphatic heterocycles. The molecule has 0 nitrogen and oxygen atoms in total.